The van der Waals surface area contributed by atoms with Crippen LogP contribution in [0.5, 0.6) is 0 Å². The van der Waals surface area contributed by atoms with Crippen LogP contribution in [0.1, 0.15) is 40.4 Å². The lowest BCUT2D eigenvalue weighted by molar-refractivity contribution is -0.133. The van der Waals surface area contributed by atoms with Crippen LogP contribution in [0.15, 0.2) is 11.4 Å². The van der Waals surface area contributed by atoms with Gasteiger partial charge in [0.25, 0.3) is 0 Å². The average Bonchev–Trinajstić information content (AvgIpc) is 2.81. The standard InChI is InChI=1S/C16H23N3OS/c1-6-12-17-13(11-7-8-21-14(11)18-12)19-9-15(2,3)20-16(4,5)10-19/h7-8H,6,9-10H2,1-5H3. The van der Waals surface area contributed by atoms with Gasteiger partial charge in [-0.05, 0) is 39.1 Å². The molecule has 1 aliphatic rings. The van der Waals surface area contributed by atoms with Gasteiger partial charge in [-0.15, -0.1) is 11.3 Å². The van der Waals surface area contributed by atoms with Gasteiger partial charge in [-0.1, -0.05) is 6.92 Å². The summed E-state index contributed by atoms with van der Waals surface area (Å²) < 4.78 is 6.18. The van der Waals surface area contributed by atoms with Crippen LogP contribution in [0.25, 0.3) is 10.2 Å². The van der Waals surface area contributed by atoms with E-state index in [-0.39, 0.29) is 11.2 Å². The quantitative estimate of drug-likeness (QED) is 0.849. The third kappa shape index (κ3) is 2.90. The lowest BCUT2D eigenvalue weighted by atomic mass is 9.99. The average molecular weight is 305 g/mol. The molecule has 1 saturated heterocycles. The number of ether oxygens (including phenoxy) is 1. The van der Waals surface area contributed by atoms with E-state index >= 15 is 0 Å². The molecule has 0 amide bonds. The molecule has 0 radical (unpaired) electrons. The maximum Gasteiger partial charge on any atom is 0.141 e. The van der Waals surface area contributed by atoms with E-state index in [1.54, 1.807) is 11.3 Å². The first-order valence-corrected chi connectivity index (χ1v) is 8.37. The summed E-state index contributed by atoms with van der Waals surface area (Å²) in [6, 6.07) is 2.13. The topological polar surface area (TPSA) is 38.2 Å². The molecule has 0 unspecified atom stereocenters. The van der Waals surface area contributed by atoms with E-state index in [1.807, 2.05) is 0 Å². The molecule has 0 saturated carbocycles. The summed E-state index contributed by atoms with van der Waals surface area (Å²) in [5, 5.41) is 3.25. The van der Waals surface area contributed by atoms with E-state index in [9.17, 15) is 0 Å². The molecular formula is C16H23N3OS. The first-order valence-electron chi connectivity index (χ1n) is 7.49. The molecule has 3 heterocycles. The summed E-state index contributed by atoms with van der Waals surface area (Å²) in [6.45, 7) is 12.4. The summed E-state index contributed by atoms with van der Waals surface area (Å²) >= 11 is 1.69. The van der Waals surface area contributed by atoms with Gasteiger partial charge in [-0.3, -0.25) is 0 Å². The summed E-state index contributed by atoms with van der Waals surface area (Å²) in [5.41, 5.74) is -0.358. The van der Waals surface area contributed by atoms with Crippen molar-refractivity contribution in [3.05, 3.63) is 17.3 Å². The monoisotopic (exact) mass is 305 g/mol. The minimum Gasteiger partial charge on any atom is -0.366 e. The molecule has 0 aromatic carbocycles. The second-order valence-electron chi connectivity index (χ2n) is 6.93. The molecule has 0 aliphatic carbocycles. The lowest BCUT2D eigenvalue weighted by Crippen LogP contribution is -2.57. The van der Waals surface area contributed by atoms with Gasteiger partial charge >= 0.3 is 0 Å². The SMILES string of the molecule is CCc1nc(N2CC(C)(C)OC(C)(C)C2)c2ccsc2n1. The molecule has 1 fully saturated rings. The molecule has 0 atom stereocenters. The van der Waals surface area contributed by atoms with Gasteiger partial charge in [0.05, 0.1) is 16.6 Å². The maximum absolute atomic E-state index is 6.18. The van der Waals surface area contributed by atoms with E-state index in [2.05, 4.69) is 55.9 Å². The Morgan fingerprint density at radius 2 is 1.86 bits per heavy atom. The van der Waals surface area contributed by atoms with Crippen molar-refractivity contribution in [2.75, 3.05) is 18.0 Å². The van der Waals surface area contributed by atoms with Gasteiger partial charge < -0.3 is 9.64 Å². The Labute approximate surface area is 130 Å². The van der Waals surface area contributed by atoms with Crippen molar-refractivity contribution in [3.8, 4) is 0 Å². The predicted molar refractivity (Wildman–Crippen MR) is 88.2 cm³/mol. The molecule has 0 spiro atoms. The second kappa shape index (κ2) is 4.92. The number of anilines is 1. The number of hydrogen-bond donors (Lipinski definition) is 0. The summed E-state index contributed by atoms with van der Waals surface area (Å²) in [6.07, 6.45) is 0.859. The highest BCUT2D eigenvalue weighted by molar-refractivity contribution is 7.16. The van der Waals surface area contributed by atoms with Crippen molar-refractivity contribution < 1.29 is 4.74 Å². The largest absolute Gasteiger partial charge is 0.366 e. The highest BCUT2D eigenvalue weighted by Gasteiger charge is 2.39. The fourth-order valence-electron chi connectivity index (χ4n) is 3.22. The van der Waals surface area contributed by atoms with Crippen LogP contribution in [-0.2, 0) is 11.2 Å². The van der Waals surface area contributed by atoms with Gasteiger partial charge in [-0.25, -0.2) is 9.97 Å². The Kier molecular flexibility index (Phi) is 3.45. The molecule has 21 heavy (non-hydrogen) atoms. The molecule has 0 bridgehead atoms. The molecule has 114 valence electrons. The fourth-order valence-corrected chi connectivity index (χ4v) is 4.00. The minimum absolute atomic E-state index is 0.179. The van der Waals surface area contributed by atoms with Gasteiger partial charge in [0.1, 0.15) is 16.5 Å². The van der Waals surface area contributed by atoms with Crippen molar-refractivity contribution in [2.24, 2.45) is 0 Å². The van der Waals surface area contributed by atoms with Gasteiger partial charge in [-0.2, -0.15) is 0 Å². The van der Waals surface area contributed by atoms with Crippen LogP contribution in [0.3, 0.4) is 0 Å². The third-order valence-electron chi connectivity index (χ3n) is 3.66. The van der Waals surface area contributed by atoms with Crippen LogP contribution in [0.4, 0.5) is 5.82 Å². The van der Waals surface area contributed by atoms with Crippen LogP contribution in [-0.4, -0.2) is 34.3 Å². The van der Waals surface area contributed by atoms with E-state index in [0.717, 1.165) is 41.4 Å². The Hall–Kier alpha value is -1.20. The number of aryl methyl sites for hydroxylation is 1. The summed E-state index contributed by atoms with van der Waals surface area (Å²) in [4.78, 5) is 12.9. The van der Waals surface area contributed by atoms with E-state index in [1.165, 1.54) is 0 Å². The Bertz CT molecular complexity index is 647. The van der Waals surface area contributed by atoms with Crippen LogP contribution in [0, 0.1) is 0 Å². The Morgan fingerprint density at radius 3 is 2.48 bits per heavy atom. The van der Waals surface area contributed by atoms with Crippen molar-refractivity contribution in [2.45, 2.75) is 52.2 Å². The molecule has 3 rings (SSSR count). The zero-order valence-corrected chi connectivity index (χ0v) is 14.3. The van der Waals surface area contributed by atoms with Crippen molar-refractivity contribution in [1.29, 1.82) is 0 Å². The maximum atomic E-state index is 6.18. The molecule has 1 aliphatic heterocycles. The molecule has 0 N–H and O–H groups in total. The molecule has 5 heteroatoms. The normalized spacial score (nSPS) is 20.9. The number of thiophene rings is 1. The van der Waals surface area contributed by atoms with E-state index in [4.69, 9.17) is 9.72 Å². The number of hydrogen-bond acceptors (Lipinski definition) is 5. The third-order valence-corrected chi connectivity index (χ3v) is 4.47. The number of aromatic nitrogens is 2. The number of nitrogens with zero attached hydrogens (tertiary/aromatic N) is 3. The smallest absolute Gasteiger partial charge is 0.141 e. The molecule has 4 nitrogen and oxygen atoms in total. The summed E-state index contributed by atoms with van der Waals surface area (Å²) in [7, 11) is 0. The van der Waals surface area contributed by atoms with Crippen molar-refractivity contribution in [1.82, 2.24) is 9.97 Å². The van der Waals surface area contributed by atoms with Gasteiger partial charge in [0.15, 0.2) is 0 Å². The highest BCUT2D eigenvalue weighted by atomic mass is 32.1. The zero-order chi connectivity index (χ0) is 15.3. The van der Waals surface area contributed by atoms with E-state index < -0.39 is 0 Å². The fraction of sp³-hybridized carbons (Fsp3) is 0.625. The second-order valence-corrected chi connectivity index (χ2v) is 7.83. The number of rotatable bonds is 2. The Balaban J connectivity index is 2.08. The molecular weight excluding hydrogens is 282 g/mol. The molecule has 2 aromatic rings. The Morgan fingerprint density at radius 1 is 1.19 bits per heavy atom. The van der Waals surface area contributed by atoms with Gasteiger partial charge in [0.2, 0.25) is 0 Å². The zero-order valence-electron chi connectivity index (χ0n) is 13.4. The predicted octanol–water partition coefficient (Wildman–Crippen LogP) is 3.65. The van der Waals surface area contributed by atoms with Crippen molar-refractivity contribution in [3.63, 3.8) is 0 Å². The summed E-state index contributed by atoms with van der Waals surface area (Å²) in [5.74, 6) is 1.98. The lowest BCUT2D eigenvalue weighted by Gasteiger charge is -2.47. The van der Waals surface area contributed by atoms with Crippen LogP contribution in [0.2, 0.25) is 0 Å². The first kappa shape index (κ1) is 14.7. The van der Waals surface area contributed by atoms with Crippen LogP contribution < -0.4 is 4.90 Å². The van der Waals surface area contributed by atoms with Crippen LogP contribution >= 0.6 is 11.3 Å². The first-order chi connectivity index (χ1) is 9.80. The van der Waals surface area contributed by atoms with E-state index in [0.29, 0.717) is 0 Å². The molecule has 2 aromatic heterocycles. The van der Waals surface area contributed by atoms with Crippen molar-refractivity contribution >= 4 is 27.4 Å². The minimum atomic E-state index is -0.179. The number of morpholine rings is 1. The van der Waals surface area contributed by atoms with Gasteiger partial charge in [0, 0.05) is 19.5 Å². The number of fused-ring (bicyclic) bond motifs is 1. The highest BCUT2D eigenvalue weighted by Crippen LogP contribution is 2.34.